The summed E-state index contributed by atoms with van der Waals surface area (Å²) in [5.41, 5.74) is 1.22. The number of nitrogens with one attached hydrogen (secondary N) is 2. The first-order valence-corrected chi connectivity index (χ1v) is 6.84. The molecule has 0 aliphatic rings. The van der Waals surface area contributed by atoms with E-state index in [2.05, 4.69) is 20.4 Å². The van der Waals surface area contributed by atoms with Gasteiger partial charge in [0.15, 0.2) is 5.96 Å². The van der Waals surface area contributed by atoms with Gasteiger partial charge in [-0.15, -0.1) is 0 Å². The molecule has 1 rings (SSSR count). The van der Waals surface area contributed by atoms with Crippen molar-refractivity contribution < 1.29 is 14.3 Å². The largest absolute Gasteiger partial charge is 0.497 e. The molecule has 0 saturated heterocycles. The zero-order chi connectivity index (χ0) is 15.5. The Morgan fingerprint density at radius 1 is 1.14 bits per heavy atom. The van der Waals surface area contributed by atoms with E-state index in [1.165, 1.54) is 12.7 Å². The first-order chi connectivity index (χ1) is 10.2. The SMILES string of the molecule is CN=C(NCCC(=O)OC)NCCc1ccc(OC)cc1. The Labute approximate surface area is 125 Å². The van der Waals surface area contributed by atoms with E-state index in [1.807, 2.05) is 24.3 Å². The van der Waals surface area contributed by atoms with E-state index in [9.17, 15) is 4.79 Å². The maximum atomic E-state index is 11.0. The molecule has 0 fully saturated rings. The molecule has 0 aromatic heterocycles. The van der Waals surface area contributed by atoms with Crippen LogP contribution in [0.3, 0.4) is 0 Å². The Balaban J connectivity index is 2.26. The van der Waals surface area contributed by atoms with Crippen molar-refractivity contribution in [1.82, 2.24) is 10.6 Å². The number of carbonyl (C=O) groups excluding carboxylic acids is 1. The normalized spacial score (nSPS) is 10.9. The van der Waals surface area contributed by atoms with E-state index in [1.54, 1.807) is 14.2 Å². The molecule has 0 aliphatic heterocycles. The summed E-state index contributed by atoms with van der Waals surface area (Å²) in [4.78, 5) is 15.1. The third-order valence-corrected chi connectivity index (χ3v) is 2.94. The predicted molar refractivity (Wildman–Crippen MR) is 82.7 cm³/mol. The van der Waals surface area contributed by atoms with Crippen LogP contribution in [0.5, 0.6) is 5.75 Å². The number of methoxy groups -OCH3 is 2. The van der Waals surface area contributed by atoms with E-state index >= 15 is 0 Å². The average Bonchev–Trinajstić information content (AvgIpc) is 2.53. The molecule has 0 amide bonds. The summed E-state index contributed by atoms with van der Waals surface area (Å²) in [7, 11) is 4.73. The van der Waals surface area contributed by atoms with E-state index in [4.69, 9.17) is 4.74 Å². The molecule has 0 saturated carbocycles. The molecule has 1 aromatic carbocycles. The average molecular weight is 293 g/mol. The van der Waals surface area contributed by atoms with Gasteiger partial charge in [-0.25, -0.2) is 0 Å². The van der Waals surface area contributed by atoms with Gasteiger partial charge >= 0.3 is 5.97 Å². The summed E-state index contributed by atoms with van der Waals surface area (Å²) in [6, 6.07) is 7.96. The Kier molecular flexibility index (Phi) is 7.71. The second-order valence-electron chi connectivity index (χ2n) is 4.35. The highest BCUT2D eigenvalue weighted by molar-refractivity contribution is 5.80. The fraction of sp³-hybridized carbons (Fsp3) is 0.467. The van der Waals surface area contributed by atoms with Crippen LogP contribution in [0.15, 0.2) is 29.3 Å². The number of rotatable bonds is 7. The highest BCUT2D eigenvalue weighted by Gasteiger charge is 2.02. The molecule has 0 bridgehead atoms. The topological polar surface area (TPSA) is 72.0 Å². The third kappa shape index (κ3) is 6.65. The molecule has 1 aromatic rings. The number of aliphatic imine (C=N–C) groups is 1. The first kappa shape index (κ1) is 16.8. The molecule has 0 aliphatic carbocycles. The molecule has 0 unspecified atom stereocenters. The smallest absolute Gasteiger partial charge is 0.307 e. The lowest BCUT2D eigenvalue weighted by Gasteiger charge is -2.11. The van der Waals surface area contributed by atoms with Gasteiger partial charge in [0.2, 0.25) is 0 Å². The van der Waals surface area contributed by atoms with E-state index < -0.39 is 0 Å². The molecule has 0 heterocycles. The van der Waals surface area contributed by atoms with Crippen molar-refractivity contribution in [3.8, 4) is 5.75 Å². The maximum absolute atomic E-state index is 11.0. The van der Waals surface area contributed by atoms with Crippen LogP contribution in [-0.2, 0) is 16.0 Å². The number of nitrogens with zero attached hydrogens (tertiary/aromatic N) is 1. The molecule has 2 N–H and O–H groups in total. The summed E-state index contributed by atoms with van der Waals surface area (Å²) in [6.45, 7) is 1.25. The zero-order valence-corrected chi connectivity index (χ0v) is 12.8. The lowest BCUT2D eigenvalue weighted by Crippen LogP contribution is -2.39. The second-order valence-corrected chi connectivity index (χ2v) is 4.35. The summed E-state index contributed by atoms with van der Waals surface area (Å²) < 4.78 is 9.69. The Hall–Kier alpha value is -2.24. The van der Waals surface area contributed by atoms with Crippen LogP contribution in [0.25, 0.3) is 0 Å². The van der Waals surface area contributed by atoms with Gasteiger partial charge in [-0.1, -0.05) is 12.1 Å². The van der Waals surface area contributed by atoms with Crippen molar-refractivity contribution in [1.29, 1.82) is 0 Å². The van der Waals surface area contributed by atoms with Crippen molar-refractivity contribution in [2.45, 2.75) is 12.8 Å². The Morgan fingerprint density at radius 2 is 1.81 bits per heavy atom. The minimum Gasteiger partial charge on any atom is -0.497 e. The van der Waals surface area contributed by atoms with Crippen LogP contribution in [0.1, 0.15) is 12.0 Å². The van der Waals surface area contributed by atoms with Crippen molar-refractivity contribution in [2.24, 2.45) is 4.99 Å². The molecule has 6 heteroatoms. The Morgan fingerprint density at radius 3 is 2.38 bits per heavy atom. The predicted octanol–water partition coefficient (Wildman–Crippen LogP) is 0.966. The lowest BCUT2D eigenvalue weighted by atomic mass is 10.1. The van der Waals surface area contributed by atoms with Gasteiger partial charge in [0, 0.05) is 20.1 Å². The van der Waals surface area contributed by atoms with Crippen molar-refractivity contribution in [3.63, 3.8) is 0 Å². The van der Waals surface area contributed by atoms with E-state index in [-0.39, 0.29) is 5.97 Å². The van der Waals surface area contributed by atoms with Crippen LogP contribution in [0.2, 0.25) is 0 Å². The van der Waals surface area contributed by atoms with Crippen LogP contribution in [-0.4, -0.2) is 46.3 Å². The maximum Gasteiger partial charge on any atom is 0.307 e. The molecular formula is C15H23N3O3. The number of esters is 1. The van der Waals surface area contributed by atoms with Crippen LogP contribution >= 0.6 is 0 Å². The third-order valence-electron chi connectivity index (χ3n) is 2.94. The van der Waals surface area contributed by atoms with E-state index in [0.29, 0.717) is 18.9 Å². The minimum absolute atomic E-state index is 0.240. The number of guanidine groups is 1. The van der Waals surface area contributed by atoms with Gasteiger partial charge in [0.1, 0.15) is 5.75 Å². The van der Waals surface area contributed by atoms with Crippen LogP contribution in [0.4, 0.5) is 0 Å². The number of benzene rings is 1. The zero-order valence-electron chi connectivity index (χ0n) is 12.8. The summed E-state index contributed by atoms with van der Waals surface area (Å²) >= 11 is 0. The van der Waals surface area contributed by atoms with Gasteiger partial charge in [-0.3, -0.25) is 9.79 Å². The lowest BCUT2D eigenvalue weighted by molar-refractivity contribution is -0.140. The second kappa shape index (κ2) is 9.63. The fourth-order valence-corrected chi connectivity index (χ4v) is 1.72. The molecule has 0 atom stereocenters. The van der Waals surface area contributed by atoms with E-state index in [0.717, 1.165) is 18.7 Å². The molecule has 0 radical (unpaired) electrons. The summed E-state index contributed by atoms with van der Waals surface area (Å²) in [5, 5.41) is 6.25. The van der Waals surface area contributed by atoms with Crippen molar-refractivity contribution in [3.05, 3.63) is 29.8 Å². The molecule has 0 spiro atoms. The molecule has 116 valence electrons. The van der Waals surface area contributed by atoms with Crippen LogP contribution < -0.4 is 15.4 Å². The Bertz CT molecular complexity index is 458. The fourth-order valence-electron chi connectivity index (χ4n) is 1.72. The van der Waals surface area contributed by atoms with Gasteiger partial charge in [0.25, 0.3) is 0 Å². The molecule has 6 nitrogen and oxygen atoms in total. The highest BCUT2D eigenvalue weighted by atomic mass is 16.5. The number of hydrogen-bond acceptors (Lipinski definition) is 4. The summed E-state index contributed by atoms with van der Waals surface area (Å²) in [5.74, 6) is 1.29. The van der Waals surface area contributed by atoms with Crippen LogP contribution in [0, 0.1) is 0 Å². The van der Waals surface area contributed by atoms with Crippen molar-refractivity contribution in [2.75, 3.05) is 34.4 Å². The van der Waals surface area contributed by atoms with Crippen molar-refractivity contribution >= 4 is 11.9 Å². The summed E-state index contributed by atoms with van der Waals surface area (Å²) in [6.07, 6.45) is 1.19. The highest BCUT2D eigenvalue weighted by Crippen LogP contribution is 2.11. The number of hydrogen-bond donors (Lipinski definition) is 2. The first-order valence-electron chi connectivity index (χ1n) is 6.84. The number of carbonyl (C=O) groups is 1. The quantitative estimate of drug-likeness (QED) is 0.445. The van der Waals surface area contributed by atoms with Gasteiger partial charge in [0.05, 0.1) is 20.6 Å². The van der Waals surface area contributed by atoms with Gasteiger partial charge in [-0.05, 0) is 24.1 Å². The van der Waals surface area contributed by atoms with Gasteiger partial charge < -0.3 is 20.1 Å². The van der Waals surface area contributed by atoms with Gasteiger partial charge in [-0.2, -0.15) is 0 Å². The standard InChI is InChI=1S/C15H23N3O3/c1-16-15(18-11-9-14(19)21-3)17-10-8-12-4-6-13(20-2)7-5-12/h4-7H,8-11H2,1-3H3,(H2,16,17,18). The minimum atomic E-state index is -0.240. The molecular weight excluding hydrogens is 270 g/mol. The monoisotopic (exact) mass is 293 g/mol. The molecule has 21 heavy (non-hydrogen) atoms. The number of ether oxygens (including phenoxy) is 2.